The zero-order valence-electron chi connectivity index (χ0n) is 14.4. The smallest absolute Gasteiger partial charge is 0.128 e. The van der Waals surface area contributed by atoms with E-state index < -0.39 is 0 Å². The van der Waals surface area contributed by atoms with Gasteiger partial charge in [-0.1, -0.05) is 48.0 Å². The minimum atomic E-state index is -0.117. The summed E-state index contributed by atoms with van der Waals surface area (Å²) in [5, 5.41) is 11.6. The molecule has 0 amide bonds. The minimum absolute atomic E-state index is 0.117. The molecule has 5 rings (SSSR count). The first-order valence-corrected chi connectivity index (χ1v) is 10.1. The third-order valence-corrected chi connectivity index (χ3v) is 6.84. The molecular weight excluding hydrogens is 406 g/mol. The van der Waals surface area contributed by atoms with Crippen LogP contribution < -0.4 is 0 Å². The molecule has 1 aromatic heterocycles. The number of para-hydroxylation sites is 1. The van der Waals surface area contributed by atoms with E-state index in [0.717, 1.165) is 30.8 Å². The number of thiazole rings is 1. The molecule has 4 heteroatoms. The van der Waals surface area contributed by atoms with Gasteiger partial charge in [0.15, 0.2) is 0 Å². The zero-order valence-corrected chi connectivity index (χ0v) is 16.8. The molecule has 1 heterocycles. The molecule has 3 aromatic carbocycles. The van der Waals surface area contributed by atoms with Gasteiger partial charge in [0.2, 0.25) is 0 Å². The Morgan fingerprint density at radius 1 is 0.923 bits per heavy atom. The number of halogens is 1. The number of hydrogen-bond acceptors (Lipinski definition) is 3. The maximum atomic E-state index is 10.8. The van der Waals surface area contributed by atoms with E-state index in [9.17, 15) is 5.11 Å². The molecule has 1 aliphatic rings. The second-order valence-corrected chi connectivity index (χ2v) is 9.16. The summed E-state index contributed by atoms with van der Waals surface area (Å²) in [6.07, 6.45) is 0. The average molecular weight is 422 g/mol. The lowest BCUT2D eigenvalue weighted by atomic mass is 9.82. The summed E-state index contributed by atoms with van der Waals surface area (Å²) >= 11 is 5.21. The molecule has 0 bridgehead atoms. The van der Waals surface area contributed by atoms with Crippen LogP contribution in [0.4, 0.5) is 0 Å². The van der Waals surface area contributed by atoms with Crippen molar-refractivity contribution in [3.63, 3.8) is 0 Å². The predicted octanol–water partition coefficient (Wildman–Crippen LogP) is 6.74. The molecule has 4 aromatic rings. The summed E-state index contributed by atoms with van der Waals surface area (Å²) in [4.78, 5) is 4.73. The van der Waals surface area contributed by atoms with Crippen molar-refractivity contribution in [3.05, 3.63) is 70.2 Å². The van der Waals surface area contributed by atoms with E-state index >= 15 is 0 Å². The molecule has 0 saturated carbocycles. The van der Waals surface area contributed by atoms with Crippen LogP contribution in [0.25, 0.3) is 31.9 Å². The fourth-order valence-electron chi connectivity index (χ4n) is 3.90. The van der Waals surface area contributed by atoms with E-state index in [1.54, 1.807) is 11.3 Å². The van der Waals surface area contributed by atoms with E-state index in [4.69, 9.17) is 4.98 Å². The van der Waals surface area contributed by atoms with E-state index in [0.29, 0.717) is 0 Å². The molecule has 1 N–H and O–H groups in total. The highest BCUT2D eigenvalue weighted by atomic mass is 79.9. The predicted molar refractivity (Wildman–Crippen MR) is 112 cm³/mol. The fourth-order valence-corrected chi connectivity index (χ4v) is 5.25. The second-order valence-electron chi connectivity index (χ2n) is 7.22. The molecule has 1 aliphatic carbocycles. The lowest BCUT2D eigenvalue weighted by Crippen LogP contribution is -2.15. The van der Waals surface area contributed by atoms with Crippen molar-refractivity contribution in [1.82, 2.24) is 4.98 Å². The van der Waals surface area contributed by atoms with Crippen molar-refractivity contribution in [2.75, 3.05) is 0 Å². The minimum Gasteiger partial charge on any atom is -0.507 e. The number of hydrogen-bond donors (Lipinski definition) is 1. The lowest BCUT2D eigenvalue weighted by molar-refractivity contribution is 0.477. The summed E-state index contributed by atoms with van der Waals surface area (Å²) in [5.41, 5.74) is 6.48. The van der Waals surface area contributed by atoms with Crippen LogP contribution in [0.15, 0.2) is 59.1 Å². The van der Waals surface area contributed by atoms with Crippen LogP contribution in [0.3, 0.4) is 0 Å². The average Bonchev–Trinajstić information content (AvgIpc) is 3.12. The maximum absolute atomic E-state index is 10.8. The molecule has 26 heavy (non-hydrogen) atoms. The van der Waals surface area contributed by atoms with Gasteiger partial charge in [-0.3, -0.25) is 0 Å². The van der Waals surface area contributed by atoms with Gasteiger partial charge >= 0.3 is 0 Å². The number of aromatic hydroxyl groups is 1. The van der Waals surface area contributed by atoms with Gasteiger partial charge in [0.1, 0.15) is 10.8 Å². The maximum Gasteiger partial charge on any atom is 0.128 e. The van der Waals surface area contributed by atoms with Gasteiger partial charge in [0.25, 0.3) is 0 Å². The number of phenols is 1. The van der Waals surface area contributed by atoms with Crippen molar-refractivity contribution in [3.8, 4) is 27.4 Å². The summed E-state index contributed by atoms with van der Waals surface area (Å²) in [6.45, 7) is 4.48. The molecule has 128 valence electrons. The van der Waals surface area contributed by atoms with Crippen LogP contribution in [0, 0.1) is 0 Å². The number of benzene rings is 3. The molecule has 0 saturated heterocycles. The molecule has 0 spiro atoms. The molecule has 0 radical (unpaired) electrons. The van der Waals surface area contributed by atoms with Crippen molar-refractivity contribution >= 4 is 37.5 Å². The summed E-state index contributed by atoms with van der Waals surface area (Å²) in [5.74, 6) is 0.286. The molecular formula is C22H16BrNOS. The molecule has 2 nitrogen and oxygen atoms in total. The van der Waals surface area contributed by atoms with Gasteiger partial charge in [0.05, 0.1) is 15.8 Å². The van der Waals surface area contributed by atoms with Crippen LogP contribution in [-0.4, -0.2) is 10.1 Å². The Bertz CT molecular complexity index is 1160. The third-order valence-electron chi connectivity index (χ3n) is 5.28. The highest BCUT2D eigenvalue weighted by Gasteiger charge is 2.36. The van der Waals surface area contributed by atoms with Gasteiger partial charge in [-0.25, -0.2) is 4.98 Å². The number of rotatable bonds is 1. The number of aromatic nitrogens is 1. The second kappa shape index (κ2) is 5.41. The Morgan fingerprint density at radius 2 is 1.69 bits per heavy atom. The van der Waals surface area contributed by atoms with Gasteiger partial charge in [-0.05, 0) is 58.7 Å². The molecule has 0 atom stereocenters. The summed E-state index contributed by atoms with van der Waals surface area (Å²) < 4.78 is 2.21. The Morgan fingerprint density at radius 3 is 2.50 bits per heavy atom. The molecule has 0 aliphatic heterocycles. The Labute approximate surface area is 164 Å². The van der Waals surface area contributed by atoms with Crippen LogP contribution in [0.1, 0.15) is 25.0 Å². The first kappa shape index (κ1) is 16.0. The molecule has 0 unspecified atom stereocenters. The van der Waals surface area contributed by atoms with Gasteiger partial charge in [0, 0.05) is 9.89 Å². The summed E-state index contributed by atoms with van der Waals surface area (Å²) in [6, 6.07) is 18.5. The largest absolute Gasteiger partial charge is 0.507 e. The van der Waals surface area contributed by atoms with Gasteiger partial charge in [-0.15, -0.1) is 11.3 Å². The Kier molecular flexibility index (Phi) is 3.34. The van der Waals surface area contributed by atoms with Crippen LogP contribution in [0.5, 0.6) is 5.75 Å². The van der Waals surface area contributed by atoms with Crippen molar-refractivity contribution in [2.24, 2.45) is 0 Å². The lowest BCUT2D eigenvalue weighted by Gasteiger charge is -2.22. The van der Waals surface area contributed by atoms with E-state index in [1.807, 2.05) is 24.3 Å². The van der Waals surface area contributed by atoms with Crippen LogP contribution in [0.2, 0.25) is 0 Å². The van der Waals surface area contributed by atoms with E-state index in [2.05, 4.69) is 60.1 Å². The highest BCUT2D eigenvalue weighted by Crippen LogP contribution is 2.52. The third kappa shape index (κ3) is 2.19. The number of phenolic OH excluding ortho intramolecular Hbond substituents is 1. The summed E-state index contributed by atoms with van der Waals surface area (Å²) in [7, 11) is 0. The fraction of sp³-hybridized carbons (Fsp3) is 0.136. The van der Waals surface area contributed by atoms with Crippen molar-refractivity contribution in [2.45, 2.75) is 19.3 Å². The zero-order chi connectivity index (χ0) is 18.1. The first-order chi connectivity index (χ1) is 12.4. The number of nitrogens with zero attached hydrogens (tertiary/aromatic N) is 1. The first-order valence-electron chi connectivity index (χ1n) is 8.49. The number of fused-ring (bicyclic) bond motifs is 4. The van der Waals surface area contributed by atoms with E-state index in [1.165, 1.54) is 16.7 Å². The van der Waals surface area contributed by atoms with Gasteiger partial charge < -0.3 is 5.11 Å². The molecule has 0 fully saturated rings. The van der Waals surface area contributed by atoms with Gasteiger partial charge in [-0.2, -0.15) is 0 Å². The van der Waals surface area contributed by atoms with Crippen LogP contribution in [-0.2, 0) is 5.41 Å². The Balaban J connectivity index is 1.75. The van der Waals surface area contributed by atoms with Crippen molar-refractivity contribution < 1.29 is 5.11 Å². The van der Waals surface area contributed by atoms with Crippen molar-refractivity contribution in [1.29, 1.82) is 0 Å². The Hall–Kier alpha value is -2.17. The standard InChI is InChI=1S/C22H16BrNOS/c1-22(2)16-9-12(23)7-8-13(16)14-11-19(25)15(10-17(14)22)21-24-18-5-3-4-6-20(18)26-21/h3-11,25H,1-2H3. The topological polar surface area (TPSA) is 33.1 Å². The monoisotopic (exact) mass is 421 g/mol. The highest BCUT2D eigenvalue weighted by molar-refractivity contribution is 9.10. The normalized spacial score (nSPS) is 14.4. The van der Waals surface area contributed by atoms with E-state index in [-0.39, 0.29) is 11.2 Å². The SMILES string of the molecule is CC1(C)c2cc(Br)ccc2-c2cc(O)c(-c3nc4ccccc4s3)cc21. The van der Waals surface area contributed by atoms with Crippen LogP contribution >= 0.6 is 27.3 Å². The quantitative estimate of drug-likeness (QED) is 0.369.